The molecule has 0 aliphatic heterocycles. The molecule has 0 radical (unpaired) electrons. The van der Waals surface area contributed by atoms with Crippen molar-refractivity contribution in [3.63, 3.8) is 0 Å². The van der Waals surface area contributed by atoms with Gasteiger partial charge in [0.15, 0.2) is 0 Å². The zero-order valence-corrected chi connectivity index (χ0v) is 13.1. The van der Waals surface area contributed by atoms with E-state index in [1.165, 1.54) is 77.0 Å². The van der Waals surface area contributed by atoms with E-state index in [1.807, 2.05) is 0 Å². The molecular formula is C17H29OP. The van der Waals surface area contributed by atoms with Gasteiger partial charge in [-0.25, -0.2) is 0 Å². The predicted octanol–water partition coefficient (Wildman–Crippen LogP) is 5.73. The number of hydrogen-bond donors (Lipinski definition) is 0. The molecule has 0 N–H and O–H groups in total. The molecule has 0 aromatic carbocycles. The van der Waals surface area contributed by atoms with Crippen LogP contribution in [0.25, 0.3) is 0 Å². The second-order valence-electron chi connectivity index (χ2n) is 6.92. The molecule has 0 aromatic heterocycles. The van der Waals surface area contributed by atoms with Gasteiger partial charge in [-0.15, -0.1) is 0 Å². The maximum absolute atomic E-state index is 14.1. The lowest BCUT2D eigenvalue weighted by Gasteiger charge is -2.41. The van der Waals surface area contributed by atoms with Crippen LogP contribution in [0.15, 0.2) is 12.2 Å². The summed E-state index contributed by atoms with van der Waals surface area (Å²) in [5.74, 6) is 0. The molecule has 3 rings (SSSR count). The Hall–Kier alpha value is -0.0300. The van der Waals surface area contributed by atoms with E-state index in [9.17, 15) is 4.57 Å². The van der Waals surface area contributed by atoms with E-state index < -0.39 is 7.14 Å². The average Bonchev–Trinajstić information content (AvgIpc) is 3.03. The van der Waals surface area contributed by atoms with Crippen molar-refractivity contribution >= 4 is 7.14 Å². The van der Waals surface area contributed by atoms with Gasteiger partial charge in [0.25, 0.3) is 0 Å². The summed E-state index contributed by atoms with van der Waals surface area (Å²) in [4.78, 5) is 0. The van der Waals surface area contributed by atoms with Crippen molar-refractivity contribution in [2.45, 2.75) is 94.0 Å². The lowest BCUT2D eigenvalue weighted by Crippen LogP contribution is -2.28. The third-order valence-corrected chi connectivity index (χ3v) is 10.6. The molecule has 0 aromatic rings. The molecule has 0 spiro atoms. The van der Waals surface area contributed by atoms with Gasteiger partial charge in [0.2, 0.25) is 0 Å². The molecule has 3 aliphatic rings. The van der Waals surface area contributed by atoms with Crippen LogP contribution in [0.3, 0.4) is 0 Å². The topological polar surface area (TPSA) is 17.1 Å². The highest BCUT2D eigenvalue weighted by Crippen LogP contribution is 2.67. The molecule has 1 nitrogen and oxygen atoms in total. The van der Waals surface area contributed by atoms with Crippen molar-refractivity contribution in [2.24, 2.45) is 0 Å². The molecule has 2 fully saturated rings. The summed E-state index contributed by atoms with van der Waals surface area (Å²) in [6.45, 7) is 0. The van der Waals surface area contributed by atoms with Crippen LogP contribution in [0, 0.1) is 0 Å². The summed E-state index contributed by atoms with van der Waals surface area (Å²) in [6, 6.07) is 0. The second-order valence-corrected chi connectivity index (χ2v) is 10.6. The van der Waals surface area contributed by atoms with Crippen molar-refractivity contribution in [1.29, 1.82) is 0 Å². The fraction of sp³-hybridized carbons (Fsp3) is 0.882. The van der Waals surface area contributed by atoms with E-state index in [4.69, 9.17) is 0 Å². The Morgan fingerprint density at radius 2 is 1.26 bits per heavy atom. The molecule has 3 aliphatic carbocycles. The van der Waals surface area contributed by atoms with Gasteiger partial charge in [-0.05, 0) is 38.5 Å². The second kappa shape index (κ2) is 6.17. The summed E-state index contributed by atoms with van der Waals surface area (Å²) in [7, 11) is -2.00. The van der Waals surface area contributed by atoms with Gasteiger partial charge in [0, 0.05) is 17.0 Å². The maximum Gasteiger partial charge on any atom is 0.100 e. The summed E-state index contributed by atoms with van der Waals surface area (Å²) in [6.07, 6.45) is 20.1. The van der Waals surface area contributed by atoms with Gasteiger partial charge in [-0.1, -0.05) is 50.7 Å². The smallest absolute Gasteiger partial charge is 0.100 e. The van der Waals surface area contributed by atoms with Crippen LogP contribution in [0.4, 0.5) is 0 Å². The highest BCUT2D eigenvalue weighted by Gasteiger charge is 2.45. The van der Waals surface area contributed by atoms with E-state index in [-0.39, 0.29) is 0 Å². The van der Waals surface area contributed by atoms with Crippen LogP contribution >= 0.6 is 7.14 Å². The van der Waals surface area contributed by atoms with Crippen molar-refractivity contribution in [1.82, 2.24) is 0 Å². The first-order chi connectivity index (χ1) is 9.32. The molecule has 0 amide bonds. The molecule has 19 heavy (non-hydrogen) atoms. The molecule has 1 atom stereocenters. The van der Waals surface area contributed by atoms with Gasteiger partial charge in [0.05, 0.1) is 0 Å². The fourth-order valence-electron chi connectivity index (χ4n) is 4.76. The fourth-order valence-corrected chi connectivity index (χ4v) is 9.73. The van der Waals surface area contributed by atoms with Crippen LogP contribution in [0.1, 0.15) is 77.0 Å². The van der Waals surface area contributed by atoms with Gasteiger partial charge < -0.3 is 4.57 Å². The summed E-state index contributed by atoms with van der Waals surface area (Å²) < 4.78 is 14.1. The summed E-state index contributed by atoms with van der Waals surface area (Å²) in [5.41, 5.74) is 1.62. The quantitative estimate of drug-likeness (QED) is 0.476. The minimum Gasteiger partial charge on any atom is -0.322 e. The molecule has 1 unspecified atom stereocenters. The summed E-state index contributed by atoms with van der Waals surface area (Å²) in [5, 5.41) is 0. The molecule has 2 saturated carbocycles. The third-order valence-electron chi connectivity index (χ3n) is 5.80. The van der Waals surface area contributed by atoms with E-state index >= 15 is 0 Å². The van der Waals surface area contributed by atoms with E-state index in [2.05, 4.69) is 12.2 Å². The lowest BCUT2D eigenvalue weighted by molar-refractivity contribution is 0.443. The Balaban J connectivity index is 1.84. The normalized spacial score (nSPS) is 30.8. The number of rotatable bonds is 3. The SMILES string of the molecule is O=P(C1C=CCC1)(C1CCCCC1)C1CCCCC1. The maximum atomic E-state index is 14.1. The Labute approximate surface area is 118 Å². The monoisotopic (exact) mass is 280 g/mol. The lowest BCUT2D eigenvalue weighted by atomic mass is 9.99. The highest BCUT2D eigenvalue weighted by atomic mass is 31.2. The Morgan fingerprint density at radius 1 is 0.737 bits per heavy atom. The van der Waals surface area contributed by atoms with Crippen LogP contribution < -0.4 is 0 Å². The molecule has 0 bridgehead atoms. The number of allylic oxidation sites excluding steroid dienone is 2. The van der Waals surface area contributed by atoms with E-state index in [0.717, 1.165) is 0 Å². The minimum atomic E-state index is -2.00. The molecule has 0 saturated heterocycles. The summed E-state index contributed by atoms with van der Waals surface area (Å²) >= 11 is 0. The number of hydrogen-bond acceptors (Lipinski definition) is 1. The van der Waals surface area contributed by atoms with Gasteiger partial charge in [-0.3, -0.25) is 0 Å². The standard InChI is InChI=1S/C17H29OP/c18-19(17-13-7-8-14-17,15-9-3-1-4-10-15)16-11-5-2-6-12-16/h7,13,15-17H,1-6,8-12,14H2. The van der Waals surface area contributed by atoms with E-state index in [0.29, 0.717) is 17.0 Å². The van der Waals surface area contributed by atoms with Gasteiger partial charge in [0.1, 0.15) is 7.14 Å². The van der Waals surface area contributed by atoms with Crippen molar-refractivity contribution in [2.75, 3.05) is 0 Å². The Kier molecular flexibility index (Phi) is 4.52. The van der Waals surface area contributed by atoms with Crippen LogP contribution in [0.2, 0.25) is 0 Å². The van der Waals surface area contributed by atoms with E-state index in [1.54, 1.807) is 0 Å². The van der Waals surface area contributed by atoms with Crippen LogP contribution in [-0.2, 0) is 4.57 Å². The first kappa shape index (κ1) is 13.9. The first-order valence-corrected chi connectivity index (χ1v) is 10.5. The Morgan fingerprint density at radius 3 is 1.68 bits per heavy atom. The zero-order chi connectivity index (χ0) is 13.1. The van der Waals surface area contributed by atoms with Crippen LogP contribution in [0.5, 0.6) is 0 Å². The highest BCUT2D eigenvalue weighted by molar-refractivity contribution is 7.66. The van der Waals surface area contributed by atoms with Gasteiger partial charge >= 0.3 is 0 Å². The first-order valence-electron chi connectivity index (χ1n) is 8.57. The van der Waals surface area contributed by atoms with Gasteiger partial charge in [-0.2, -0.15) is 0 Å². The average molecular weight is 280 g/mol. The molecule has 2 heteroatoms. The van der Waals surface area contributed by atoms with Crippen molar-refractivity contribution in [3.05, 3.63) is 12.2 Å². The zero-order valence-electron chi connectivity index (χ0n) is 12.2. The molecule has 108 valence electrons. The van der Waals surface area contributed by atoms with Crippen molar-refractivity contribution in [3.8, 4) is 0 Å². The van der Waals surface area contributed by atoms with Crippen LogP contribution in [-0.4, -0.2) is 17.0 Å². The third kappa shape index (κ3) is 2.73. The van der Waals surface area contributed by atoms with Crippen molar-refractivity contribution < 1.29 is 4.57 Å². The molecular weight excluding hydrogens is 251 g/mol. The minimum absolute atomic E-state index is 0.457. The molecule has 0 heterocycles. The Bertz CT molecular complexity index is 339. The largest absolute Gasteiger partial charge is 0.322 e. The predicted molar refractivity (Wildman–Crippen MR) is 83.5 cm³/mol.